The van der Waals surface area contributed by atoms with Crippen molar-refractivity contribution in [3.05, 3.63) is 29.8 Å². The molecule has 2 amide bonds. The summed E-state index contributed by atoms with van der Waals surface area (Å²) in [6, 6.07) is 6.53. The number of nitrogens with one attached hydrogen (secondary N) is 1. The zero-order valence-electron chi connectivity index (χ0n) is 19.1. The molecule has 2 N–H and O–H groups in total. The average molecular weight is 461 g/mol. The number of carbonyl (C=O) groups is 2. The summed E-state index contributed by atoms with van der Waals surface area (Å²) in [5, 5.41) is 11.9. The predicted molar refractivity (Wildman–Crippen MR) is 115 cm³/mol. The SMILES string of the molecule is CCOC(Cc1ccc(OCCN(CCOCC(C)(F)F)C(=O)NC(C)C)cc1)C(=O)O. The second kappa shape index (κ2) is 13.8. The maximum absolute atomic E-state index is 12.9. The highest BCUT2D eigenvalue weighted by Crippen LogP contribution is 2.15. The lowest BCUT2D eigenvalue weighted by Gasteiger charge is -2.24. The molecule has 32 heavy (non-hydrogen) atoms. The van der Waals surface area contributed by atoms with E-state index in [0.29, 0.717) is 12.4 Å². The van der Waals surface area contributed by atoms with E-state index in [9.17, 15) is 23.5 Å². The van der Waals surface area contributed by atoms with E-state index in [1.807, 2.05) is 13.8 Å². The summed E-state index contributed by atoms with van der Waals surface area (Å²) in [6.07, 6.45) is -0.668. The van der Waals surface area contributed by atoms with Crippen LogP contribution in [-0.2, 0) is 20.7 Å². The molecule has 0 heterocycles. The standard InChI is InChI=1S/C22H34F2N2O6/c1-5-31-19(20(27)28)14-17-6-8-18(9-7-17)32-13-11-26(21(29)25-16(2)3)10-12-30-15-22(4,23)24/h6-9,16,19H,5,10-15H2,1-4H3,(H,25,29)(H,27,28). The van der Waals surface area contributed by atoms with E-state index in [1.165, 1.54) is 4.90 Å². The number of benzene rings is 1. The van der Waals surface area contributed by atoms with Crippen LogP contribution in [0.3, 0.4) is 0 Å². The fourth-order valence-electron chi connectivity index (χ4n) is 2.71. The Morgan fingerprint density at radius 2 is 1.78 bits per heavy atom. The maximum atomic E-state index is 12.9. The number of halogens is 2. The van der Waals surface area contributed by atoms with Gasteiger partial charge < -0.3 is 29.5 Å². The number of urea groups is 1. The third kappa shape index (κ3) is 11.8. The number of alkyl halides is 2. The van der Waals surface area contributed by atoms with Gasteiger partial charge in [-0.1, -0.05) is 12.1 Å². The molecule has 1 unspecified atom stereocenters. The third-order valence-electron chi connectivity index (χ3n) is 4.18. The first-order chi connectivity index (χ1) is 15.0. The molecular formula is C22H34F2N2O6. The minimum atomic E-state index is -2.92. The van der Waals surface area contributed by atoms with E-state index in [-0.39, 0.29) is 44.8 Å². The van der Waals surface area contributed by atoms with Gasteiger partial charge in [0, 0.05) is 32.5 Å². The summed E-state index contributed by atoms with van der Waals surface area (Å²) in [4.78, 5) is 25.0. The lowest BCUT2D eigenvalue weighted by atomic mass is 10.1. The Bertz CT molecular complexity index is 695. The van der Waals surface area contributed by atoms with Crippen LogP contribution in [0.15, 0.2) is 24.3 Å². The second-order valence-corrected chi connectivity index (χ2v) is 7.69. The topological polar surface area (TPSA) is 97.3 Å². The van der Waals surface area contributed by atoms with E-state index < -0.39 is 24.6 Å². The van der Waals surface area contributed by atoms with Crippen molar-refractivity contribution in [3.8, 4) is 5.75 Å². The Hall–Kier alpha value is -2.46. The number of carboxylic acid groups (broad SMARTS) is 1. The van der Waals surface area contributed by atoms with Gasteiger partial charge in [-0.25, -0.2) is 18.4 Å². The molecule has 0 spiro atoms. The summed E-state index contributed by atoms with van der Waals surface area (Å²) in [5.74, 6) is -3.38. The molecule has 0 bridgehead atoms. The Morgan fingerprint density at radius 1 is 1.16 bits per heavy atom. The van der Waals surface area contributed by atoms with Gasteiger partial charge in [-0.05, 0) is 38.5 Å². The number of ether oxygens (including phenoxy) is 3. The van der Waals surface area contributed by atoms with Crippen LogP contribution in [0.4, 0.5) is 13.6 Å². The van der Waals surface area contributed by atoms with Crippen molar-refractivity contribution in [1.82, 2.24) is 10.2 Å². The Kier molecular flexibility index (Phi) is 11.9. The van der Waals surface area contributed by atoms with Crippen LogP contribution in [0.25, 0.3) is 0 Å². The number of hydrogen-bond donors (Lipinski definition) is 2. The molecule has 10 heteroatoms. The van der Waals surface area contributed by atoms with Crippen LogP contribution in [0.5, 0.6) is 5.75 Å². The van der Waals surface area contributed by atoms with Crippen LogP contribution in [0.1, 0.15) is 33.3 Å². The smallest absolute Gasteiger partial charge is 0.333 e. The first-order valence-electron chi connectivity index (χ1n) is 10.6. The molecule has 1 aromatic rings. The molecule has 8 nitrogen and oxygen atoms in total. The van der Waals surface area contributed by atoms with Crippen molar-refractivity contribution >= 4 is 12.0 Å². The van der Waals surface area contributed by atoms with Gasteiger partial charge in [-0.3, -0.25) is 0 Å². The molecule has 1 rings (SSSR count). The third-order valence-corrected chi connectivity index (χ3v) is 4.18. The number of hydrogen-bond acceptors (Lipinski definition) is 5. The number of carbonyl (C=O) groups excluding carboxylic acids is 1. The summed E-state index contributed by atoms with van der Waals surface area (Å²) >= 11 is 0. The van der Waals surface area contributed by atoms with Crippen LogP contribution in [0, 0.1) is 0 Å². The lowest BCUT2D eigenvalue weighted by molar-refractivity contribution is -0.149. The molecule has 0 aromatic heterocycles. The van der Waals surface area contributed by atoms with Gasteiger partial charge in [0.1, 0.15) is 19.0 Å². The number of carboxylic acids is 1. The molecule has 0 fully saturated rings. The van der Waals surface area contributed by atoms with Crippen LogP contribution >= 0.6 is 0 Å². The Morgan fingerprint density at radius 3 is 2.31 bits per heavy atom. The zero-order chi connectivity index (χ0) is 24.1. The van der Waals surface area contributed by atoms with E-state index in [1.54, 1.807) is 31.2 Å². The number of aliphatic carboxylic acids is 1. The van der Waals surface area contributed by atoms with Crippen molar-refractivity contribution in [2.45, 2.75) is 52.2 Å². The van der Waals surface area contributed by atoms with E-state index in [0.717, 1.165) is 12.5 Å². The van der Waals surface area contributed by atoms with Gasteiger partial charge >= 0.3 is 12.0 Å². The van der Waals surface area contributed by atoms with Crippen molar-refractivity contribution < 1.29 is 37.7 Å². The Balaban J connectivity index is 2.56. The van der Waals surface area contributed by atoms with Crippen LogP contribution in [-0.4, -0.2) is 79.6 Å². The van der Waals surface area contributed by atoms with Crippen molar-refractivity contribution in [1.29, 1.82) is 0 Å². The van der Waals surface area contributed by atoms with Gasteiger partial charge in [-0.15, -0.1) is 0 Å². The second-order valence-electron chi connectivity index (χ2n) is 7.69. The zero-order valence-corrected chi connectivity index (χ0v) is 19.1. The highest BCUT2D eigenvalue weighted by molar-refractivity contribution is 5.74. The Labute approximate surface area is 187 Å². The minimum Gasteiger partial charge on any atom is -0.492 e. The van der Waals surface area contributed by atoms with E-state index in [2.05, 4.69) is 5.32 Å². The number of rotatable bonds is 15. The summed E-state index contributed by atoms with van der Waals surface area (Å²) in [5.41, 5.74) is 0.793. The first kappa shape index (κ1) is 27.6. The first-order valence-corrected chi connectivity index (χ1v) is 10.6. The summed E-state index contributed by atoms with van der Waals surface area (Å²) in [6.45, 7) is 6.30. The highest BCUT2D eigenvalue weighted by atomic mass is 19.3. The van der Waals surface area contributed by atoms with Gasteiger partial charge in [0.2, 0.25) is 0 Å². The van der Waals surface area contributed by atoms with Crippen LogP contribution in [0.2, 0.25) is 0 Å². The van der Waals surface area contributed by atoms with Crippen molar-refractivity contribution in [2.24, 2.45) is 0 Å². The maximum Gasteiger partial charge on any atom is 0.333 e. The van der Waals surface area contributed by atoms with E-state index in [4.69, 9.17) is 14.2 Å². The predicted octanol–water partition coefficient (Wildman–Crippen LogP) is 3.19. The summed E-state index contributed by atoms with van der Waals surface area (Å²) in [7, 11) is 0. The monoisotopic (exact) mass is 460 g/mol. The normalized spacial score (nSPS) is 12.5. The molecule has 0 saturated heterocycles. The summed E-state index contributed by atoms with van der Waals surface area (Å²) < 4.78 is 41.6. The van der Waals surface area contributed by atoms with Gasteiger partial charge in [0.15, 0.2) is 6.10 Å². The quantitative estimate of drug-likeness (QED) is 0.390. The average Bonchev–Trinajstić information content (AvgIpc) is 2.69. The molecule has 182 valence electrons. The molecule has 0 radical (unpaired) electrons. The molecule has 0 saturated carbocycles. The van der Waals surface area contributed by atoms with Gasteiger partial charge in [0.25, 0.3) is 5.92 Å². The molecule has 0 aliphatic carbocycles. The molecule has 1 atom stereocenters. The van der Waals surface area contributed by atoms with Gasteiger partial charge in [-0.2, -0.15) is 0 Å². The number of amides is 2. The van der Waals surface area contributed by atoms with E-state index >= 15 is 0 Å². The minimum absolute atomic E-state index is 0.0196. The fraction of sp³-hybridized carbons (Fsp3) is 0.636. The molecule has 0 aliphatic rings. The van der Waals surface area contributed by atoms with Crippen LogP contribution < -0.4 is 10.1 Å². The largest absolute Gasteiger partial charge is 0.492 e. The number of nitrogens with zero attached hydrogens (tertiary/aromatic N) is 1. The molecule has 1 aromatic carbocycles. The van der Waals surface area contributed by atoms with Crippen molar-refractivity contribution in [2.75, 3.05) is 39.5 Å². The van der Waals surface area contributed by atoms with Crippen molar-refractivity contribution in [3.63, 3.8) is 0 Å². The highest BCUT2D eigenvalue weighted by Gasteiger charge is 2.22. The van der Waals surface area contributed by atoms with Gasteiger partial charge in [0.05, 0.1) is 13.2 Å². The molecular weight excluding hydrogens is 426 g/mol. The molecule has 0 aliphatic heterocycles. The fourth-order valence-corrected chi connectivity index (χ4v) is 2.71. The lowest BCUT2D eigenvalue weighted by Crippen LogP contribution is -2.46.